The zero-order valence-corrected chi connectivity index (χ0v) is 10.7. The summed E-state index contributed by atoms with van der Waals surface area (Å²) in [7, 11) is 0. The van der Waals surface area contributed by atoms with Gasteiger partial charge in [0.15, 0.2) is 0 Å². The quantitative estimate of drug-likeness (QED) is 0.671. The third-order valence-corrected chi connectivity index (χ3v) is 2.19. The largest absolute Gasteiger partial charge is 0.478 e. The van der Waals surface area contributed by atoms with E-state index in [0.29, 0.717) is 31.3 Å². The third-order valence-electron chi connectivity index (χ3n) is 2.19. The van der Waals surface area contributed by atoms with Gasteiger partial charge in [0.2, 0.25) is 0 Å². The number of rotatable bonds is 8. The third kappa shape index (κ3) is 5.20. The monoisotopic (exact) mass is 253 g/mol. The lowest BCUT2D eigenvalue weighted by atomic mass is 10.2. The molecule has 1 heterocycles. The maximum absolute atomic E-state index is 10.9. The Morgan fingerprint density at radius 2 is 2.33 bits per heavy atom. The Morgan fingerprint density at radius 3 is 3.00 bits per heavy atom. The number of nitrogens with zero attached hydrogens (tertiary/aromatic N) is 2. The summed E-state index contributed by atoms with van der Waals surface area (Å²) in [6, 6.07) is 0. The van der Waals surface area contributed by atoms with Crippen LogP contribution < -0.4 is 5.32 Å². The standard InChI is InChI=1S/C12H19N3O3/c1-9(2)7-18-4-3-13-6-11-10(12(16)17)5-14-8-15-11/h5,8-9,13H,3-4,6-7H2,1-2H3,(H,16,17). The molecule has 0 unspecified atom stereocenters. The number of carboxylic acids is 1. The fourth-order valence-corrected chi connectivity index (χ4v) is 1.34. The molecule has 0 spiro atoms. The van der Waals surface area contributed by atoms with Crippen molar-refractivity contribution in [2.75, 3.05) is 19.8 Å². The normalized spacial score (nSPS) is 10.8. The molecular formula is C12H19N3O3. The van der Waals surface area contributed by atoms with E-state index in [0.717, 1.165) is 6.61 Å². The molecular weight excluding hydrogens is 234 g/mol. The number of aromatic carboxylic acids is 1. The van der Waals surface area contributed by atoms with Gasteiger partial charge in [0.05, 0.1) is 12.3 Å². The summed E-state index contributed by atoms with van der Waals surface area (Å²) in [5.74, 6) is -0.492. The first-order valence-corrected chi connectivity index (χ1v) is 5.92. The maximum atomic E-state index is 10.9. The number of ether oxygens (including phenoxy) is 1. The molecule has 100 valence electrons. The van der Waals surface area contributed by atoms with Crippen LogP contribution in [0.5, 0.6) is 0 Å². The van der Waals surface area contributed by atoms with E-state index >= 15 is 0 Å². The molecule has 0 aliphatic carbocycles. The van der Waals surface area contributed by atoms with E-state index in [1.54, 1.807) is 0 Å². The Bertz CT molecular complexity index is 383. The molecule has 0 saturated heterocycles. The van der Waals surface area contributed by atoms with Crippen LogP contribution in [0.4, 0.5) is 0 Å². The predicted octanol–water partition coefficient (Wildman–Crippen LogP) is 0.937. The van der Waals surface area contributed by atoms with Gasteiger partial charge < -0.3 is 15.2 Å². The van der Waals surface area contributed by atoms with E-state index in [1.165, 1.54) is 12.5 Å². The molecule has 1 aromatic heterocycles. The minimum Gasteiger partial charge on any atom is -0.478 e. The van der Waals surface area contributed by atoms with Gasteiger partial charge in [-0.05, 0) is 5.92 Å². The topological polar surface area (TPSA) is 84.3 Å². The van der Waals surface area contributed by atoms with Crippen LogP contribution in [-0.2, 0) is 11.3 Å². The highest BCUT2D eigenvalue weighted by atomic mass is 16.5. The highest BCUT2D eigenvalue weighted by Gasteiger charge is 2.10. The Hall–Kier alpha value is -1.53. The van der Waals surface area contributed by atoms with Gasteiger partial charge in [0.1, 0.15) is 11.9 Å². The second kappa shape index (κ2) is 7.73. The van der Waals surface area contributed by atoms with Crippen LogP contribution in [0.3, 0.4) is 0 Å². The van der Waals surface area contributed by atoms with Gasteiger partial charge in [-0.1, -0.05) is 13.8 Å². The van der Waals surface area contributed by atoms with E-state index in [9.17, 15) is 4.79 Å². The predicted molar refractivity (Wildman–Crippen MR) is 66.4 cm³/mol. The molecule has 2 N–H and O–H groups in total. The summed E-state index contributed by atoms with van der Waals surface area (Å²) in [5, 5.41) is 12.0. The van der Waals surface area contributed by atoms with E-state index in [-0.39, 0.29) is 5.56 Å². The lowest BCUT2D eigenvalue weighted by molar-refractivity contribution is 0.0694. The van der Waals surface area contributed by atoms with Crippen molar-refractivity contribution >= 4 is 5.97 Å². The zero-order valence-electron chi connectivity index (χ0n) is 10.7. The lowest BCUT2D eigenvalue weighted by Crippen LogP contribution is -2.22. The average Bonchev–Trinajstić information content (AvgIpc) is 2.33. The van der Waals surface area contributed by atoms with Gasteiger partial charge in [-0.15, -0.1) is 0 Å². The summed E-state index contributed by atoms with van der Waals surface area (Å²) in [4.78, 5) is 18.5. The molecule has 0 atom stereocenters. The Balaban J connectivity index is 2.29. The van der Waals surface area contributed by atoms with Crippen LogP contribution in [-0.4, -0.2) is 40.8 Å². The first-order chi connectivity index (χ1) is 8.61. The van der Waals surface area contributed by atoms with E-state index in [1.807, 2.05) is 0 Å². The van der Waals surface area contributed by atoms with Gasteiger partial charge in [-0.3, -0.25) is 0 Å². The Kier molecular flexibility index (Phi) is 6.24. The number of carboxylic acid groups (broad SMARTS) is 1. The molecule has 6 nitrogen and oxygen atoms in total. The lowest BCUT2D eigenvalue weighted by Gasteiger charge is -2.08. The summed E-state index contributed by atoms with van der Waals surface area (Å²) < 4.78 is 5.40. The summed E-state index contributed by atoms with van der Waals surface area (Å²) in [5.41, 5.74) is 0.620. The Morgan fingerprint density at radius 1 is 1.56 bits per heavy atom. The molecule has 0 aliphatic rings. The first kappa shape index (κ1) is 14.5. The van der Waals surface area contributed by atoms with E-state index < -0.39 is 5.97 Å². The summed E-state index contributed by atoms with van der Waals surface area (Å²) in [6.45, 7) is 6.58. The van der Waals surface area contributed by atoms with Crippen LogP contribution in [0.1, 0.15) is 29.9 Å². The average molecular weight is 253 g/mol. The van der Waals surface area contributed by atoms with Gasteiger partial charge in [-0.2, -0.15) is 0 Å². The molecule has 18 heavy (non-hydrogen) atoms. The number of hydrogen-bond donors (Lipinski definition) is 2. The van der Waals surface area contributed by atoms with Gasteiger partial charge in [0, 0.05) is 25.9 Å². The van der Waals surface area contributed by atoms with E-state index in [2.05, 4.69) is 29.1 Å². The van der Waals surface area contributed by atoms with Crippen molar-refractivity contribution in [3.63, 3.8) is 0 Å². The fraction of sp³-hybridized carbons (Fsp3) is 0.583. The molecule has 6 heteroatoms. The molecule has 0 saturated carbocycles. The number of nitrogens with one attached hydrogen (secondary N) is 1. The highest BCUT2D eigenvalue weighted by Crippen LogP contribution is 2.02. The maximum Gasteiger partial charge on any atom is 0.339 e. The van der Waals surface area contributed by atoms with Crippen molar-refractivity contribution in [2.45, 2.75) is 20.4 Å². The van der Waals surface area contributed by atoms with Crippen molar-refractivity contribution in [3.05, 3.63) is 23.8 Å². The molecule has 0 radical (unpaired) electrons. The number of carbonyl (C=O) groups is 1. The van der Waals surface area contributed by atoms with Gasteiger partial charge in [-0.25, -0.2) is 14.8 Å². The van der Waals surface area contributed by atoms with Gasteiger partial charge >= 0.3 is 5.97 Å². The van der Waals surface area contributed by atoms with Crippen molar-refractivity contribution in [3.8, 4) is 0 Å². The molecule has 1 aromatic rings. The van der Waals surface area contributed by atoms with Crippen molar-refractivity contribution in [1.82, 2.24) is 15.3 Å². The summed E-state index contributed by atoms with van der Waals surface area (Å²) in [6.07, 6.45) is 2.65. The van der Waals surface area contributed by atoms with Crippen molar-refractivity contribution in [1.29, 1.82) is 0 Å². The van der Waals surface area contributed by atoms with Crippen molar-refractivity contribution < 1.29 is 14.6 Å². The van der Waals surface area contributed by atoms with Crippen LogP contribution in [0.25, 0.3) is 0 Å². The molecule has 1 rings (SSSR count). The number of aromatic nitrogens is 2. The van der Waals surface area contributed by atoms with Crippen LogP contribution >= 0.6 is 0 Å². The second-order valence-corrected chi connectivity index (χ2v) is 4.33. The van der Waals surface area contributed by atoms with Crippen LogP contribution in [0.15, 0.2) is 12.5 Å². The molecule has 0 fully saturated rings. The Labute approximate surface area is 106 Å². The molecule has 0 aromatic carbocycles. The van der Waals surface area contributed by atoms with Crippen LogP contribution in [0.2, 0.25) is 0 Å². The highest BCUT2D eigenvalue weighted by molar-refractivity contribution is 5.88. The van der Waals surface area contributed by atoms with Crippen LogP contribution in [0, 0.1) is 5.92 Å². The molecule has 0 bridgehead atoms. The molecule has 0 aliphatic heterocycles. The SMILES string of the molecule is CC(C)COCCNCc1ncncc1C(=O)O. The zero-order chi connectivity index (χ0) is 13.4. The summed E-state index contributed by atoms with van der Waals surface area (Å²) >= 11 is 0. The minimum absolute atomic E-state index is 0.132. The van der Waals surface area contributed by atoms with E-state index in [4.69, 9.17) is 9.84 Å². The smallest absolute Gasteiger partial charge is 0.339 e. The first-order valence-electron chi connectivity index (χ1n) is 5.92. The fourth-order valence-electron chi connectivity index (χ4n) is 1.34. The molecule has 0 amide bonds. The van der Waals surface area contributed by atoms with Crippen molar-refractivity contribution in [2.24, 2.45) is 5.92 Å². The van der Waals surface area contributed by atoms with Gasteiger partial charge in [0.25, 0.3) is 0 Å². The minimum atomic E-state index is -1.01. The second-order valence-electron chi connectivity index (χ2n) is 4.33. The number of hydrogen-bond acceptors (Lipinski definition) is 5.